The Hall–Kier alpha value is -1.83. The van der Waals surface area contributed by atoms with Crippen molar-refractivity contribution >= 4 is 21.6 Å². The molecule has 2 rings (SSSR count). The number of benzene rings is 2. The molecule has 96 valence electrons. The molecule has 0 fully saturated rings. The lowest BCUT2D eigenvalue weighted by Crippen LogP contribution is -2.01. The van der Waals surface area contributed by atoms with Gasteiger partial charge in [0.05, 0.1) is 11.6 Å². The van der Waals surface area contributed by atoms with Crippen molar-refractivity contribution in [3.8, 4) is 6.07 Å². The van der Waals surface area contributed by atoms with E-state index >= 15 is 0 Å². The van der Waals surface area contributed by atoms with Gasteiger partial charge in [-0.1, -0.05) is 40.2 Å². The van der Waals surface area contributed by atoms with Crippen LogP contribution >= 0.6 is 15.9 Å². The molecule has 0 saturated heterocycles. The molecule has 0 atom stereocenters. The Kier molecular flexibility index (Phi) is 4.56. The number of halogens is 1. The molecule has 3 N–H and O–H groups in total. The number of nitriles is 1. The van der Waals surface area contributed by atoms with Gasteiger partial charge in [-0.3, -0.25) is 0 Å². The number of hydrogen-bond donors (Lipinski definition) is 2. The summed E-state index contributed by atoms with van der Waals surface area (Å²) in [4.78, 5) is 0. The first-order valence-electron chi connectivity index (χ1n) is 5.93. The summed E-state index contributed by atoms with van der Waals surface area (Å²) in [6.45, 7) is 1.27. The average molecular weight is 316 g/mol. The van der Waals surface area contributed by atoms with Crippen LogP contribution in [-0.4, -0.2) is 0 Å². The molecule has 0 radical (unpaired) electrons. The van der Waals surface area contributed by atoms with Crippen LogP contribution in [0.25, 0.3) is 0 Å². The molecular weight excluding hydrogens is 302 g/mol. The van der Waals surface area contributed by atoms with Crippen LogP contribution in [0, 0.1) is 11.3 Å². The molecule has 2 aromatic carbocycles. The van der Waals surface area contributed by atoms with Crippen molar-refractivity contribution in [2.24, 2.45) is 5.73 Å². The summed E-state index contributed by atoms with van der Waals surface area (Å²) in [5.41, 5.74) is 9.42. The molecule has 0 aromatic heterocycles. The minimum atomic E-state index is 0.560. The fraction of sp³-hybridized carbons (Fsp3) is 0.133. The zero-order valence-corrected chi connectivity index (χ0v) is 11.9. The first-order valence-corrected chi connectivity index (χ1v) is 6.73. The molecule has 0 bridgehead atoms. The third-order valence-electron chi connectivity index (χ3n) is 2.78. The van der Waals surface area contributed by atoms with Crippen LogP contribution in [-0.2, 0) is 13.1 Å². The summed E-state index contributed by atoms with van der Waals surface area (Å²) in [5, 5.41) is 12.2. The van der Waals surface area contributed by atoms with Gasteiger partial charge < -0.3 is 11.1 Å². The first-order chi connectivity index (χ1) is 9.21. The van der Waals surface area contributed by atoms with Gasteiger partial charge in [0.15, 0.2) is 0 Å². The van der Waals surface area contributed by atoms with E-state index in [4.69, 9.17) is 11.0 Å². The van der Waals surface area contributed by atoms with E-state index in [9.17, 15) is 0 Å². The van der Waals surface area contributed by atoms with Crippen LogP contribution < -0.4 is 11.1 Å². The molecule has 0 amide bonds. The summed E-state index contributed by atoms with van der Waals surface area (Å²) >= 11 is 3.39. The largest absolute Gasteiger partial charge is 0.381 e. The molecule has 2 aromatic rings. The molecule has 0 aliphatic heterocycles. The summed E-state index contributed by atoms with van der Waals surface area (Å²) in [6.07, 6.45) is 0. The van der Waals surface area contributed by atoms with E-state index in [1.54, 1.807) is 6.07 Å². The van der Waals surface area contributed by atoms with Crippen LogP contribution in [0.3, 0.4) is 0 Å². The highest BCUT2D eigenvalue weighted by Gasteiger charge is 1.99. The van der Waals surface area contributed by atoms with Crippen LogP contribution in [0.5, 0.6) is 0 Å². The lowest BCUT2D eigenvalue weighted by atomic mass is 10.1. The second kappa shape index (κ2) is 6.37. The number of nitrogens with one attached hydrogen (secondary N) is 1. The van der Waals surface area contributed by atoms with Crippen LogP contribution in [0.1, 0.15) is 16.7 Å². The van der Waals surface area contributed by atoms with Gasteiger partial charge in [0.2, 0.25) is 0 Å². The Bertz CT molecular complexity index is 600. The van der Waals surface area contributed by atoms with E-state index in [0.29, 0.717) is 18.7 Å². The fourth-order valence-electron chi connectivity index (χ4n) is 1.75. The van der Waals surface area contributed by atoms with Crippen molar-refractivity contribution in [3.63, 3.8) is 0 Å². The summed E-state index contributed by atoms with van der Waals surface area (Å²) in [5.74, 6) is 0. The minimum Gasteiger partial charge on any atom is -0.381 e. The van der Waals surface area contributed by atoms with E-state index in [1.165, 1.54) is 5.56 Å². The van der Waals surface area contributed by atoms with Crippen molar-refractivity contribution in [2.75, 3.05) is 5.32 Å². The van der Waals surface area contributed by atoms with E-state index in [-0.39, 0.29) is 0 Å². The first kappa shape index (κ1) is 13.6. The number of nitrogens with zero attached hydrogens (tertiary/aromatic N) is 1. The molecule has 0 spiro atoms. The van der Waals surface area contributed by atoms with E-state index in [1.807, 2.05) is 24.3 Å². The molecule has 0 unspecified atom stereocenters. The van der Waals surface area contributed by atoms with E-state index in [0.717, 1.165) is 15.7 Å². The number of nitrogens with two attached hydrogens (primary N) is 1. The van der Waals surface area contributed by atoms with Crippen LogP contribution in [0.2, 0.25) is 0 Å². The van der Waals surface area contributed by atoms with E-state index in [2.05, 4.69) is 39.4 Å². The van der Waals surface area contributed by atoms with Gasteiger partial charge in [-0.05, 0) is 29.3 Å². The normalized spacial score (nSPS) is 9.95. The van der Waals surface area contributed by atoms with Crippen molar-refractivity contribution in [1.82, 2.24) is 0 Å². The molecule has 0 heterocycles. The zero-order valence-electron chi connectivity index (χ0n) is 10.4. The highest BCUT2D eigenvalue weighted by molar-refractivity contribution is 9.10. The van der Waals surface area contributed by atoms with Gasteiger partial charge in [0.25, 0.3) is 0 Å². The Morgan fingerprint density at radius 1 is 1.11 bits per heavy atom. The number of rotatable bonds is 4. The van der Waals surface area contributed by atoms with Gasteiger partial charge in [-0.15, -0.1) is 0 Å². The van der Waals surface area contributed by atoms with Crippen molar-refractivity contribution in [1.29, 1.82) is 5.26 Å². The third-order valence-corrected chi connectivity index (χ3v) is 3.24. The van der Waals surface area contributed by atoms with Gasteiger partial charge in [-0.2, -0.15) is 5.26 Å². The zero-order chi connectivity index (χ0) is 13.7. The highest BCUT2D eigenvalue weighted by Crippen LogP contribution is 2.19. The van der Waals surface area contributed by atoms with Gasteiger partial charge in [0.1, 0.15) is 0 Å². The second-order valence-corrected chi connectivity index (χ2v) is 5.13. The predicted molar refractivity (Wildman–Crippen MR) is 80.5 cm³/mol. The summed E-state index contributed by atoms with van der Waals surface area (Å²) in [6, 6.07) is 15.9. The van der Waals surface area contributed by atoms with Crippen LogP contribution in [0.4, 0.5) is 5.69 Å². The molecular formula is C15H14BrN3. The molecule has 4 heteroatoms. The lowest BCUT2D eigenvalue weighted by molar-refractivity contribution is 1.06. The Balaban J connectivity index is 2.05. The summed E-state index contributed by atoms with van der Waals surface area (Å²) < 4.78 is 0.896. The van der Waals surface area contributed by atoms with Gasteiger partial charge in [0, 0.05) is 23.2 Å². The average Bonchev–Trinajstić information content (AvgIpc) is 2.45. The molecule has 0 aliphatic carbocycles. The lowest BCUT2D eigenvalue weighted by Gasteiger charge is -2.08. The van der Waals surface area contributed by atoms with Gasteiger partial charge >= 0.3 is 0 Å². The minimum absolute atomic E-state index is 0.560. The maximum Gasteiger partial charge on any atom is 0.0992 e. The Morgan fingerprint density at radius 2 is 1.79 bits per heavy atom. The van der Waals surface area contributed by atoms with Crippen molar-refractivity contribution in [2.45, 2.75) is 13.1 Å². The van der Waals surface area contributed by atoms with Gasteiger partial charge in [-0.25, -0.2) is 0 Å². The van der Waals surface area contributed by atoms with Crippen LogP contribution in [0.15, 0.2) is 46.9 Å². The smallest absolute Gasteiger partial charge is 0.0992 e. The third kappa shape index (κ3) is 3.82. The standard InChI is InChI=1S/C15H14BrN3/c16-14-5-13(9-18)6-15(7-14)19-10-12-3-1-11(8-17)2-4-12/h1-7,19H,8,10,17H2. The number of anilines is 1. The fourth-order valence-corrected chi connectivity index (χ4v) is 2.25. The second-order valence-electron chi connectivity index (χ2n) is 4.21. The predicted octanol–water partition coefficient (Wildman–Crippen LogP) is 3.39. The molecule has 3 nitrogen and oxygen atoms in total. The number of hydrogen-bond acceptors (Lipinski definition) is 3. The highest BCUT2D eigenvalue weighted by atomic mass is 79.9. The monoisotopic (exact) mass is 315 g/mol. The molecule has 19 heavy (non-hydrogen) atoms. The quantitative estimate of drug-likeness (QED) is 0.909. The summed E-state index contributed by atoms with van der Waals surface area (Å²) in [7, 11) is 0. The van der Waals surface area contributed by atoms with Crippen molar-refractivity contribution < 1.29 is 0 Å². The molecule has 0 aliphatic rings. The maximum atomic E-state index is 8.92. The Labute approximate surface area is 121 Å². The van der Waals surface area contributed by atoms with Crippen molar-refractivity contribution in [3.05, 3.63) is 63.6 Å². The molecule has 0 saturated carbocycles. The maximum absolute atomic E-state index is 8.92. The topological polar surface area (TPSA) is 61.8 Å². The Morgan fingerprint density at radius 3 is 2.42 bits per heavy atom. The SMILES string of the molecule is N#Cc1cc(Br)cc(NCc2ccc(CN)cc2)c1. The van der Waals surface area contributed by atoms with E-state index < -0.39 is 0 Å².